The van der Waals surface area contributed by atoms with Crippen LogP contribution < -0.4 is 0 Å². The molecule has 2 heteroatoms. The average Bonchev–Trinajstić information content (AvgIpc) is 2.20. The van der Waals surface area contributed by atoms with Crippen LogP contribution in [0.3, 0.4) is 0 Å². The molecule has 14 heavy (non-hydrogen) atoms. The second kappa shape index (κ2) is 6.41. The number of hydrogen-bond acceptors (Lipinski definition) is 2. The number of rotatable bonds is 5. The molecule has 0 saturated heterocycles. The van der Waals surface area contributed by atoms with Crippen molar-refractivity contribution >= 4 is 0 Å². The van der Waals surface area contributed by atoms with Crippen molar-refractivity contribution < 1.29 is 9.84 Å². The Kier molecular flexibility index (Phi) is 5.49. The molecule has 3 unspecified atom stereocenters. The van der Waals surface area contributed by atoms with Gasteiger partial charge in [0.05, 0.1) is 12.2 Å². The van der Waals surface area contributed by atoms with Crippen LogP contribution in [0.5, 0.6) is 0 Å². The molecule has 1 N–H and O–H groups in total. The van der Waals surface area contributed by atoms with Crippen LogP contribution in [-0.4, -0.2) is 23.9 Å². The van der Waals surface area contributed by atoms with Crippen LogP contribution in [0.15, 0.2) is 0 Å². The van der Waals surface area contributed by atoms with Gasteiger partial charge in [-0.25, -0.2) is 0 Å². The third kappa shape index (κ3) is 3.97. The largest absolute Gasteiger partial charge is 0.390 e. The molecule has 1 saturated carbocycles. The molecule has 0 aromatic heterocycles. The van der Waals surface area contributed by atoms with E-state index in [0.717, 1.165) is 38.2 Å². The first kappa shape index (κ1) is 12.0. The van der Waals surface area contributed by atoms with Crippen molar-refractivity contribution in [1.29, 1.82) is 0 Å². The normalized spacial score (nSPS) is 30.2. The SMILES string of the molecule is CCC(C)CCOC1CCCCC1O. The minimum atomic E-state index is -0.208. The van der Waals surface area contributed by atoms with E-state index < -0.39 is 0 Å². The van der Waals surface area contributed by atoms with Gasteiger partial charge >= 0.3 is 0 Å². The smallest absolute Gasteiger partial charge is 0.0833 e. The van der Waals surface area contributed by atoms with E-state index in [1.807, 2.05) is 0 Å². The predicted octanol–water partition coefficient (Wildman–Crippen LogP) is 2.74. The summed E-state index contributed by atoms with van der Waals surface area (Å²) < 4.78 is 5.72. The quantitative estimate of drug-likeness (QED) is 0.739. The lowest BCUT2D eigenvalue weighted by Gasteiger charge is -2.27. The van der Waals surface area contributed by atoms with E-state index in [-0.39, 0.29) is 12.2 Å². The average molecular weight is 200 g/mol. The van der Waals surface area contributed by atoms with Crippen LogP contribution in [-0.2, 0) is 4.74 Å². The maximum absolute atomic E-state index is 9.67. The van der Waals surface area contributed by atoms with Crippen LogP contribution in [0.2, 0.25) is 0 Å². The highest BCUT2D eigenvalue weighted by molar-refractivity contribution is 4.74. The van der Waals surface area contributed by atoms with Crippen molar-refractivity contribution in [3.05, 3.63) is 0 Å². The van der Waals surface area contributed by atoms with Crippen molar-refractivity contribution in [2.75, 3.05) is 6.61 Å². The maximum Gasteiger partial charge on any atom is 0.0833 e. The summed E-state index contributed by atoms with van der Waals surface area (Å²) in [4.78, 5) is 0. The molecule has 0 bridgehead atoms. The van der Waals surface area contributed by atoms with Gasteiger partial charge in [0.15, 0.2) is 0 Å². The van der Waals surface area contributed by atoms with Crippen LogP contribution in [0.25, 0.3) is 0 Å². The van der Waals surface area contributed by atoms with E-state index in [0.29, 0.717) is 0 Å². The van der Waals surface area contributed by atoms with Gasteiger partial charge in [-0.05, 0) is 25.2 Å². The third-order valence-corrected chi connectivity index (χ3v) is 3.31. The monoisotopic (exact) mass is 200 g/mol. The summed E-state index contributed by atoms with van der Waals surface area (Å²) >= 11 is 0. The molecule has 0 heterocycles. The first-order chi connectivity index (χ1) is 6.74. The first-order valence-corrected chi connectivity index (χ1v) is 6.03. The Morgan fingerprint density at radius 3 is 2.71 bits per heavy atom. The summed E-state index contributed by atoms with van der Waals surface area (Å²) in [6.07, 6.45) is 6.59. The Bertz CT molecular complexity index is 147. The summed E-state index contributed by atoms with van der Waals surface area (Å²) in [5, 5.41) is 9.67. The molecular formula is C12H24O2. The lowest BCUT2D eigenvalue weighted by atomic mass is 9.95. The molecular weight excluding hydrogens is 176 g/mol. The van der Waals surface area contributed by atoms with Crippen molar-refractivity contribution in [3.63, 3.8) is 0 Å². The molecule has 0 aromatic carbocycles. The molecule has 84 valence electrons. The van der Waals surface area contributed by atoms with Gasteiger partial charge in [-0.2, -0.15) is 0 Å². The van der Waals surface area contributed by atoms with Gasteiger partial charge in [-0.15, -0.1) is 0 Å². The lowest BCUT2D eigenvalue weighted by Crippen LogP contribution is -2.32. The van der Waals surface area contributed by atoms with E-state index in [4.69, 9.17) is 4.74 Å². The van der Waals surface area contributed by atoms with Crippen molar-refractivity contribution in [1.82, 2.24) is 0 Å². The van der Waals surface area contributed by atoms with Crippen molar-refractivity contribution in [2.24, 2.45) is 5.92 Å². The molecule has 2 nitrogen and oxygen atoms in total. The molecule has 1 rings (SSSR count). The Morgan fingerprint density at radius 2 is 2.07 bits per heavy atom. The van der Waals surface area contributed by atoms with Crippen LogP contribution >= 0.6 is 0 Å². The van der Waals surface area contributed by atoms with Gasteiger partial charge in [0.2, 0.25) is 0 Å². The summed E-state index contributed by atoms with van der Waals surface area (Å²) in [5.41, 5.74) is 0. The second-order valence-corrected chi connectivity index (χ2v) is 4.56. The van der Waals surface area contributed by atoms with Crippen LogP contribution in [0.4, 0.5) is 0 Å². The van der Waals surface area contributed by atoms with E-state index in [9.17, 15) is 5.11 Å². The first-order valence-electron chi connectivity index (χ1n) is 6.03. The lowest BCUT2D eigenvalue weighted by molar-refractivity contribution is -0.0614. The Morgan fingerprint density at radius 1 is 1.36 bits per heavy atom. The number of aliphatic hydroxyl groups excluding tert-OH is 1. The van der Waals surface area contributed by atoms with Crippen LogP contribution in [0.1, 0.15) is 52.4 Å². The number of ether oxygens (including phenoxy) is 1. The van der Waals surface area contributed by atoms with Gasteiger partial charge in [-0.3, -0.25) is 0 Å². The molecule has 0 amide bonds. The molecule has 0 radical (unpaired) electrons. The zero-order valence-corrected chi connectivity index (χ0v) is 9.54. The molecule has 1 aliphatic carbocycles. The second-order valence-electron chi connectivity index (χ2n) is 4.56. The number of aliphatic hydroxyl groups is 1. The van der Waals surface area contributed by atoms with Crippen molar-refractivity contribution in [3.8, 4) is 0 Å². The Hall–Kier alpha value is -0.0800. The fourth-order valence-electron chi connectivity index (χ4n) is 1.90. The zero-order valence-electron chi connectivity index (χ0n) is 9.54. The maximum atomic E-state index is 9.67. The molecule has 0 spiro atoms. The molecule has 3 atom stereocenters. The van der Waals surface area contributed by atoms with E-state index >= 15 is 0 Å². The summed E-state index contributed by atoms with van der Waals surface area (Å²) in [5.74, 6) is 0.746. The molecule has 0 aliphatic heterocycles. The summed E-state index contributed by atoms with van der Waals surface area (Å²) in [6.45, 7) is 5.28. The zero-order chi connectivity index (χ0) is 10.4. The third-order valence-electron chi connectivity index (χ3n) is 3.31. The summed E-state index contributed by atoms with van der Waals surface area (Å²) in [6, 6.07) is 0. The molecule has 1 fully saturated rings. The van der Waals surface area contributed by atoms with Gasteiger partial charge in [0.1, 0.15) is 0 Å². The van der Waals surface area contributed by atoms with Gasteiger partial charge < -0.3 is 9.84 Å². The summed E-state index contributed by atoms with van der Waals surface area (Å²) in [7, 11) is 0. The van der Waals surface area contributed by atoms with Gasteiger partial charge in [0, 0.05) is 6.61 Å². The topological polar surface area (TPSA) is 29.5 Å². The van der Waals surface area contributed by atoms with E-state index in [1.54, 1.807) is 0 Å². The highest BCUT2D eigenvalue weighted by Crippen LogP contribution is 2.21. The predicted molar refractivity (Wildman–Crippen MR) is 58.3 cm³/mol. The highest BCUT2D eigenvalue weighted by atomic mass is 16.5. The highest BCUT2D eigenvalue weighted by Gasteiger charge is 2.23. The van der Waals surface area contributed by atoms with E-state index in [2.05, 4.69) is 13.8 Å². The van der Waals surface area contributed by atoms with Crippen LogP contribution in [0, 0.1) is 5.92 Å². The van der Waals surface area contributed by atoms with Gasteiger partial charge in [-0.1, -0.05) is 33.1 Å². The fourth-order valence-corrected chi connectivity index (χ4v) is 1.90. The fraction of sp³-hybridized carbons (Fsp3) is 1.00. The molecule has 1 aliphatic rings. The van der Waals surface area contributed by atoms with E-state index in [1.165, 1.54) is 12.8 Å². The minimum Gasteiger partial charge on any atom is -0.390 e. The number of hydrogen-bond donors (Lipinski definition) is 1. The molecule has 0 aromatic rings. The Labute approximate surface area is 87.7 Å². The van der Waals surface area contributed by atoms with Gasteiger partial charge in [0.25, 0.3) is 0 Å². The Balaban J connectivity index is 2.10. The van der Waals surface area contributed by atoms with Crippen molar-refractivity contribution in [2.45, 2.75) is 64.6 Å². The standard InChI is InChI=1S/C12H24O2/c1-3-10(2)8-9-14-12-7-5-4-6-11(12)13/h10-13H,3-9H2,1-2H3. The minimum absolute atomic E-state index is 0.118.